The van der Waals surface area contributed by atoms with Gasteiger partial charge in [0, 0.05) is 19.0 Å². The molecule has 1 amide bonds. The van der Waals surface area contributed by atoms with Gasteiger partial charge in [-0.2, -0.15) is 0 Å². The minimum atomic E-state index is -0.461. The van der Waals surface area contributed by atoms with E-state index in [1.807, 2.05) is 0 Å². The highest BCUT2D eigenvalue weighted by molar-refractivity contribution is 5.81. The molecule has 0 aromatic carbocycles. The van der Waals surface area contributed by atoms with Crippen molar-refractivity contribution in [3.63, 3.8) is 0 Å². The summed E-state index contributed by atoms with van der Waals surface area (Å²) in [6, 6.07) is 0. The average molecular weight is 325 g/mol. The first-order valence-electron chi connectivity index (χ1n) is 8.33. The second kappa shape index (κ2) is 8.37. The van der Waals surface area contributed by atoms with Crippen molar-refractivity contribution in [2.75, 3.05) is 19.8 Å². The van der Waals surface area contributed by atoms with Crippen LogP contribution in [0.5, 0.6) is 0 Å². The van der Waals surface area contributed by atoms with Gasteiger partial charge in [-0.25, -0.2) is 9.59 Å². The smallest absolute Gasteiger partial charge is 0.407 e. The summed E-state index contributed by atoms with van der Waals surface area (Å²) in [5.74, 6) is 0.0202. The maximum absolute atomic E-state index is 11.7. The Morgan fingerprint density at radius 1 is 1.13 bits per heavy atom. The van der Waals surface area contributed by atoms with Crippen LogP contribution < -0.4 is 5.32 Å². The Balaban J connectivity index is 2.20. The van der Waals surface area contributed by atoms with Crippen LogP contribution in [0.15, 0.2) is 12.7 Å². The molecule has 0 saturated heterocycles. The Morgan fingerprint density at radius 2 is 1.70 bits per heavy atom. The second-order valence-electron chi connectivity index (χ2n) is 8.02. The molecular weight excluding hydrogens is 294 g/mol. The lowest BCUT2D eigenvalue weighted by molar-refractivity contribution is -0.137. The van der Waals surface area contributed by atoms with E-state index in [0.29, 0.717) is 29.7 Å². The molecule has 0 bridgehead atoms. The molecule has 1 fully saturated rings. The quantitative estimate of drug-likeness (QED) is 0.440. The molecule has 1 aliphatic carbocycles. The Morgan fingerprint density at radius 3 is 2.26 bits per heavy atom. The number of hydrogen-bond acceptors (Lipinski definition) is 4. The number of carbonyl (C=O) groups excluding carboxylic acids is 2. The van der Waals surface area contributed by atoms with Gasteiger partial charge in [-0.15, -0.1) is 0 Å². The molecule has 0 heterocycles. The molecule has 0 aromatic heterocycles. The van der Waals surface area contributed by atoms with Crippen molar-refractivity contribution in [1.82, 2.24) is 5.32 Å². The molecule has 0 radical (unpaired) electrons. The van der Waals surface area contributed by atoms with Crippen molar-refractivity contribution in [2.45, 2.75) is 53.4 Å². The maximum atomic E-state index is 11.7. The van der Waals surface area contributed by atoms with Gasteiger partial charge in [-0.05, 0) is 36.0 Å². The minimum absolute atomic E-state index is 0.225. The fourth-order valence-corrected chi connectivity index (χ4v) is 3.95. The molecule has 5 nitrogen and oxygen atoms in total. The van der Waals surface area contributed by atoms with Crippen molar-refractivity contribution in [2.24, 2.45) is 16.7 Å². The highest BCUT2D eigenvalue weighted by Crippen LogP contribution is 2.47. The molecule has 1 saturated carbocycles. The number of rotatable bonds is 7. The second-order valence-corrected chi connectivity index (χ2v) is 8.02. The molecule has 0 unspecified atom stereocenters. The zero-order valence-electron chi connectivity index (χ0n) is 14.9. The lowest BCUT2D eigenvalue weighted by atomic mass is 9.61. The van der Waals surface area contributed by atoms with E-state index in [4.69, 9.17) is 9.47 Å². The molecule has 0 aromatic rings. The van der Waals surface area contributed by atoms with Crippen molar-refractivity contribution >= 4 is 12.1 Å². The summed E-state index contributed by atoms with van der Waals surface area (Å²) in [7, 11) is 0. The summed E-state index contributed by atoms with van der Waals surface area (Å²) >= 11 is 0. The van der Waals surface area contributed by atoms with Gasteiger partial charge in [0.25, 0.3) is 0 Å². The Labute approximate surface area is 139 Å². The number of hydrogen-bond donors (Lipinski definition) is 1. The van der Waals surface area contributed by atoms with Crippen molar-refractivity contribution < 1.29 is 19.1 Å². The van der Waals surface area contributed by atoms with Crippen molar-refractivity contribution in [3.8, 4) is 0 Å². The lowest BCUT2D eigenvalue weighted by Gasteiger charge is -2.45. The van der Waals surface area contributed by atoms with Gasteiger partial charge in [-0.1, -0.05) is 34.3 Å². The molecule has 0 spiro atoms. The molecular formula is C18H31NO4. The fraction of sp³-hybridized carbons (Fsp3) is 0.778. The molecule has 1 aliphatic rings. The maximum Gasteiger partial charge on any atom is 0.407 e. The third-order valence-corrected chi connectivity index (χ3v) is 4.11. The van der Waals surface area contributed by atoms with E-state index in [-0.39, 0.29) is 13.2 Å². The Hall–Kier alpha value is -1.52. The molecule has 132 valence electrons. The third-order valence-electron chi connectivity index (χ3n) is 4.11. The van der Waals surface area contributed by atoms with Gasteiger partial charge < -0.3 is 14.8 Å². The number of esters is 1. The molecule has 1 rings (SSSR count). The number of carbonyl (C=O) groups is 2. The summed E-state index contributed by atoms with van der Waals surface area (Å²) < 4.78 is 9.89. The summed E-state index contributed by atoms with van der Waals surface area (Å²) in [5.41, 5.74) is 0.625. The number of ether oxygens (including phenoxy) is 2. The zero-order valence-corrected chi connectivity index (χ0v) is 14.9. The van der Waals surface area contributed by atoms with Gasteiger partial charge in [0.05, 0.1) is 13.2 Å². The molecule has 1 N–H and O–H groups in total. The van der Waals surface area contributed by atoms with Gasteiger partial charge in [0.1, 0.15) is 0 Å². The predicted octanol–water partition coefficient (Wildman–Crippen LogP) is 3.68. The van der Waals surface area contributed by atoms with Gasteiger partial charge in [0.15, 0.2) is 0 Å². The van der Waals surface area contributed by atoms with E-state index in [0.717, 1.165) is 18.9 Å². The van der Waals surface area contributed by atoms with Crippen LogP contribution in [0.2, 0.25) is 0 Å². The van der Waals surface area contributed by atoms with Gasteiger partial charge >= 0.3 is 12.1 Å². The first-order valence-corrected chi connectivity index (χ1v) is 8.33. The fourth-order valence-electron chi connectivity index (χ4n) is 3.95. The summed E-state index contributed by atoms with van der Waals surface area (Å²) in [6.45, 7) is 13.6. The monoisotopic (exact) mass is 325 g/mol. The van der Waals surface area contributed by atoms with Crippen LogP contribution in [0.3, 0.4) is 0 Å². The number of nitrogens with one attached hydrogen (secondary N) is 1. The van der Waals surface area contributed by atoms with E-state index in [9.17, 15) is 9.59 Å². The van der Waals surface area contributed by atoms with E-state index < -0.39 is 12.1 Å². The molecule has 5 heteroatoms. The molecule has 0 aliphatic heterocycles. The van der Waals surface area contributed by atoms with E-state index in [1.165, 1.54) is 6.42 Å². The van der Waals surface area contributed by atoms with Crippen molar-refractivity contribution in [1.29, 1.82) is 0 Å². The van der Waals surface area contributed by atoms with Crippen LogP contribution in [0.1, 0.15) is 53.4 Å². The SMILES string of the molecule is C=CC(=O)OCCCOC(=O)NCC1CC(C)(C)CC(C)(C)C1. The predicted molar refractivity (Wildman–Crippen MR) is 90.0 cm³/mol. The number of amides is 1. The minimum Gasteiger partial charge on any atom is -0.462 e. The zero-order chi connectivity index (χ0) is 17.5. The van der Waals surface area contributed by atoms with Crippen LogP contribution in [0.4, 0.5) is 4.79 Å². The van der Waals surface area contributed by atoms with E-state index in [2.05, 4.69) is 39.6 Å². The molecule has 23 heavy (non-hydrogen) atoms. The molecule has 0 atom stereocenters. The highest BCUT2D eigenvalue weighted by Gasteiger charge is 2.38. The first kappa shape index (κ1) is 19.5. The van der Waals surface area contributed by atoms with Crippen LogP contribution in [-0.2, 0) is 14.3 Å². The van der Waals surface area contributed by atoms with E-state index in [1.54, 1.807) is 0 Å². The third kappa shape index (κ3) is 8.05. The normalized spacial score (nSPS) is 19.7. The van der Waals surface area contributed by atoms with E-state index >= 15 is 0 Å². The number of alkyl carbamates (subject to hydrolysis) is 1. The van der Waals surface area contributed by atoms with Gasteiger partial charge in [-0.3, -0.25) is 0 Å². The van der Waals surface area contributed by atoms with Crippen molar-refractivity contribution in [3.05, 3.63) is 12.7 Å². The first-order chi connectivity index (χ1) is 10.6. The van der Waals surface area contributed by atoms with Crippen LogP contribution >= 0.6 is 0 Å². The van der Waals surface area contributed by atoms with Crippen LogP contribution in [0.25, 0.3) is 0 Å². The standard InChI is InChI=1S/C18H31NO4/c1-6-15(20)22-8-7-9-23-16(21)19-12-14-10-17(2,3)13-18(4,5)11-14/h6,14H,1,7-13H2,2-5H3,(H,19,21). The highest BCUT2D eigenvalue weighted by atomic mass is 16.6. The van der Waals surface area contributed by atoms with Crippen LogP contribution in [-0.4, -0.2) is 31.8 Å². The topological polar surface area (TPSA) is 64.6 Å². The van der Waals surface area contributed by atoms with Crippen LogP contribution in [0, 0.1) is 16.7 Å². The Bertz CT molecular complexity index is 413. The largest absolute Gasteiger partial charge is 0.462 e. The van der Waals surface area contributed by atoms with Gasteiger partial charge in [0.2, 0.25) is 0 Å². The average Bonchev–Trinajstić information content (AvgIpc) is 2.41. The lowest BCUT2D eigenvalue weighted by Crippen LogP contribution is -2.39. The Kier molecular flexibility index (Phi) is 7.10. The summed E-state index contributed by atoms with van der Waals surface area (Å²) in [4.78, 5) is 22.5. The summed E-state index contributed by atoms with van der Waals surface area (Å²) in [6.07, 6.45) is 4.64. The summed E-state index contributed by atoms with van der Waals surface area (Å²) in [5, 5.41) is 2.85.